The fourth-order valence-corrected chi connectivity index (χ4v) is 4.24. The highest BCUT2D eigenvalue weighted by Gasteiger charge is 2.41. The molecular weight excluding hydrogens is 478 g/mol. The molecule has 0 fully saturated rings. The smallest absolute Gasteiger partial charge is 0.334 e. The van der Waals surface area contributed by atoms with E-state index < -0.39 is 29.3 Å². The summed E-state index contributed by atoms with van der Waals surface area (Å²) in [6.45, 7) is 1.36. The van der Waals surface area contributed by atoms with E-state index in [0.29, 0.717) is 17.1 Å². The van der Waals surface area contributed by atoms with Gasteiger partial charge in [0.25, 0.3) is 11.8 Å². The van der Waals surface area contributed by atoms with Crippen LogP contribution in [0.3, 0.4) is 0 Å². The second-order valence-electron chi connectivity index (χ2n) is 8.28. The third kappa shape index (κ3) is 3.90. The Balaban J connectivity index is 1.57. The summed E-state index contributed by atoms with van der Waals surface area (Å²) in [4.78, 5) is 53.2. The monoisotopic (exact) mass is 499 g/mol. The summed E-state index contributed by atoms with van der Waals surface area (Å²) < 4.78 is 22.2. The van der Waals surface area contributed by atoms with E-state index in [9.17, 15) is 19.2 Å². The zero-order valence-electron chi connectivity index (χ0n) is 20.1. The molecule has 9 heteroatoms. The van der Waals surface area contributed by atoms with Crippen LogP contribution in [0, 0.1) is 0 Å². The number of benzene rings is 3. The number of hydrogen-bond acceptors (Lipinski definition) is 8. The Kier molecular flexibility index (Phi) is 5.96. The van der Waals surface area contributed by atoms with Gasteiger partial charge in [-0.3, -0.25) is 19.3 Å². The number of rotatable bonds is 6. The van der Waals surface area contributed by atoms with Crippen molar-refractivity contribution in [3.8, 4) is 28.6 Å². The van der Waals surface area contributed by atoms with E-state index in [4.69, 9.17) is 18.6 Å². The van der Waals surface area contributed by atoms with Gasteiger partial charge in [-0.05, 0) is 49.4 Å². The first-order valence-corrected chi connectivity index (χ1v) is 11.3. The van der Waals surface area contributed by atoms with Gasteiger partial charge in [0.2, 0.25) is 11.2 Å². The van der Waals surface area contributed by atoms with Crippen LogP contribution in [-0.4, -0.2) is 42.9 Å². The van der Waals surface area contributed by atoms with E-state index >= 15 is 0 Å². The molecular formula is C28H21NO8. The maximum Gasteiger partial charge on any atom is 0.334 e. The number of imide groups is 1. The zero-order chi connectivity index (χ0) is 26.3. The minimum absolute atomic E-state index is 0.0208. The molecule has 0 saturated heterocycles. The molecule has 1 aliphatic rings. The lowest BCUT2D eigenvalue weighted by molar-refractivity contribution is -0.138. The maximum atomic E-state index is 13.4. The lowest BCUT2D eigenvalue weighted by atomic mass is 10.1. The molecule has 4 aromatic rings. The zero-order valence-corrected chi connectivity index (χ0v) is 20.1. The Morgan fingerprint density at radius 2 is 1.46 bits per heavy atom. The number of hydrogen-bond donors (Lipinski definition) is 0. The van der Waals surface area contributed by atoms with Gasteiger partial charge in [-0.25, -0.2) is 4.79 Å². The van der Waals surface area contributed by atoms with Crippen LogP contribution in [0.4, 0.5) is 0 Å². The van der Waals surface area contributed by atoms with Crippen LogP contribution in [0.25, 0.3) is 22.3 Å². The van der Waals surface area contributed by atoms with Crippen molar-refractivity contribution in [1.82, 2.24) is 4.90 Å². The van der Waals surface area contributed by atoms with Crippen molar-refractivity contribution in [3.05, 3.63) is 88.1 Å². The Morgan fingerprint density at radius 1 is 0.838 bits per heavy atom. The SMILES string of the molecule is COc1ccc(-c2oc3ccccc3c(=O)c2OC(=O)C(C)N2C(=O)c3ccccc3C2=O)cc1OC. The summed E-state index contributed by atoms with van der Waals surface area (Å²) in [7, 11) is 2.95. The molecule has 0 spiro atoms. The van der Waals surface area contributed by atoms with E-state index in [1.807, 2.05) is 0 Å². The van der Waals surface area contributed by atoms with Crippen LogP contribution in [0.2, 0.25) is 0 Å². The number of fused-ring (bicyclic) bond motifs is 2. The summed E-state index contributed by atoms with van der Waals surface area (Å²) in [6, 6.07) is 16.3. The number of methoxy groups -OCH3 is 2. The number of ether oxygens (including phenoxy) is 3. The maximum absolute atomic E-state index is 13.4. The van der Waals surface area contributed by atoms with Gasteiger partial charge in [0, 0.05) is 5.56 Å². The first kappa shape index (κ1) is 23.8. The van der Waals surface area contributed by atoms with Crippen molar-refractivity contribution < 1.29 is 33.0 Å². The minimum Gasteiger partial charge on any atom is -0.493 e. The summed E-state index contributed by atoms with van der Waals surface area (Å²) in [5.41, 5.74) is 0.475. The van der Waals surface area contributed by atoms with Crippen molar-refractivity contribution in [1.29, 1.82) is 0 Å². The largest absolute Gasteiger partial charge is 0.493 e. The molecule has 5 rings (SSSR count). The molecule has 0 N–H and O–H groups in total. The molecule has 0 radical (unpaired) electrons. The van der Waals surface area contributed by atoms with Gasteiger partial charge in [-0.1, -0.05) is 24.3 Å². The van der Waals surface area contributed by atoms with E-state index in [0.717, 1.165) is 4.90 Å². The Labute approximate surface area is 210 Å². The van der Waals surface area contributed by atoms with Gasteiger partial charge < -0.3 is 18.6 Å². The van der Waals surface area contributed by atoms with E-state index in [1.54, 1.807) is 54.6 Å². The Hall–Kier alpha value is -4.92. The van der Waals surface area contributed by atoms with Crippen molar-refractivity contribution >= 4 is 28.8 Å². The third-order valence-electron chi connectivity index (χ3n) is 6.16. The molecule has 1 atom stereocenters. The first-order valence-electron chi connectivity index (χ1n) is 11.3. The molecule has 3 aromatic carbocycles. The molecule has 0 bridgehead atoms. The summed E-state index contributed by atoms with van der Waals surface area (Å²) in [6.07, 6.45) is 0. The number of nitrogens with zero attached hydrogens (tertiary/aromatic N) is 1. The van der Waals surface area contributed by atoms with Gasteiger partial charge in [0.05, 0.1) is 30.7 Å². The highest BCUT2D eigenvalue weighted by Crippen LogP contribution is 2.37. The molecule has 9 nitrogen and oxygen atoms in total. The van der Waals surface area contributed by atoms with Gasteiger partial charge in [0.15, 0.2) is 17.3 Å². The minimum atomic E-state index is -1.31. The molecule has 37 heavy (non-hydrogen) atoms. The first-order chi connectivity index (χ1) is 17.8. The molecule has 0 aliphatic carbocycles. The van der Waals surface area contributed by atoms with Crippen LogP contribution in [-0.2, 0) is 4.79 Å². The van der Waals surface area contributed by atoms with Crippen molar-refractivity contribution in [2.45, 2.75) is 13.0 Å². The lowest BCUT2D eigenvalue weighted by Gasteiger charge is -2.21. The van der Waals surface area contributed by atoms with Crippen molar-refractivity contribution in [3.63, 3.8) is 0 Å². The second-order valence-corrected chi connectivity index (χ2v) is 8.28. The summed E-state index contributed by atoms with van der Waals surface area (Å²) >= 11 is 0. The fraction of sp³-hybridized carbons (Fsp3) is 0.143. The molecule has 2 heterocycles. The Morgan fingerprint density at radius 3 is 2.11 bits per heavy atom. The van der Waals surface area contributed by atoms with Crippen LogP contribution >= 0.6 is 0 Å². The molecule has 0 saturated carbocycles. The van der Waals surface area contributed by atoms with E-state index in [-0.39, 0.29) is 33.6 Å². The van der Waals surface area contributed by atoms with Gasteiger partial charge in [0.1, 0.15) is 11.6 Å². The number of amides is 2. The lowest BCUT2D eigenvalue weighted by Crippen LogP contribution is -2.45. The van der Waals surface area contributed by atoms with Crippen LogP contribution < -0.4 is 19.6 Å². The summed E-state index contributed by atoms with van der Waals surface area (Å²) in [5, 5.41) is 0.197. The van der Waals surface area contributed by atoms with Gasteiger partial charge in [-0.15, -0.1) is 0 Å². The third-order valence-corrected chi connectivity index (χ3v) is 6.16. The predicted molar refractivity (Wildman–Crippen MR) is 133 cm³/mol. The van der Waals surface area contributed by atoms with Crippen LogP contribution in [0.15, 0.2) is 75.9 Å². The number of carbonyl (C=O) groups is 3. The van der Waals surface area contributed by atoms with Gasteiger partial charge in [-0.2, -0.15) is 0 Å². The summed E-state index contributed by atoms with van der Waals surface area (Å²) in [5.74, 6) is -1.78. The number of para-hydroxylation sites is 1. The Bertz CT molecular complexity index is 1600. The molecule has 2 amide bonds. The quantitative estimate of drug-likeness (QED) is 0.288. The van der Waals surface area contributed by atoms with E-state index in [2.05, 4.69) is 0 Å². The molecule has 186 valence electrons. The van der Waals surface area contributed by atoms with Crippen molar-refractivity contribution in [2.75, 3.05) is 14.2 Å². The number of esters is 1. The predicted octanol–water partition coefficient (Wildman–Crippen LogP) is 4.07. The van der Waals surface area contributed by atoms with Crippen LogP contribution in [0.5, 0.6) is 17.2 Å². The standard InChI is InChI=1S/C28H21NO8/c1-15(29-26(31)17-8-4-5-9-18(17)27(29)32)28(33)37-25-23(30)19-10-6-7-11-20(19)36-24(25)16-12-13-21(34-2)22(14-16)35-3/h4-15H,1-3H3. The second kappa shape index (κ2) is 9.27. The van der Waals surface area contributed by atoms with Crippen LogP contribution in [0.1, 0.15) is 27.6 Å². The number of carbonyl (C=O) groups excluding carboxylic acids is 3. The average Bonchev–Trinajstić information content (AvgIpc) is 3.18. The molecule has 1 unspecified atom stereocenters. The fourth-order valence-electron chi connectivity index (χ4n) is 4.24. The molecule has 1 aliphatic heterocycles. The highest BCUT2D eigenvalue weighted by molar-refractivity contribution is 6.22. The molecule has 1 aromatic heterocycles. The average molecular weight is 499 g/mol. The normalized spacial score (nSPS) is 13.4. The highest BCUT2D eigenvalue weighted by atomic mass is 16.5. The van der Waals surface area contributed by atoms with E-state index in [1.165, 1.54) is 33.3 Å². The van der Waals surface area contributed by atoms with Gasteiger partial charge >= 0.3 is 5.97 Å². The van der Waals surface area contributed by atoms with Crippen molar-refractivity contribution in [2.24, 2.45) is 0 Å². The topological polar surface area (TPSA) is 112 Å².